The van der Waals surface area contributed by atoms with Crippen molar-refractivity contribution in [1.29, 1.82) is 0 Å². The molecule has 1 aliphatic heterocycles. The van der Waals surface area contributed by atoms with Crippen LogP contribution in [0.3, 0.4) is 0 Å². The topological polar surface area (TPSA) is 80.7 Å². The van der Waals surface area contributed by atoms with Crippen LogP contribution in [0.2, 0.25) is 0 Å². The predicted molar refractivity (Wildman–Crippen MR) is 127 cm³/mol. The van der Waals surface area contributed by atoms with Crippen LogP contribution < -0.4 is 9.70 Å². The number of allylic oxidation sites excluding steroid dienone is 1. The lowest BCUT2D eigenvalue weighted by Crippen LogP contribution is -2.30. The number of fused-ring (bicyclic) bond motifs is 1. The zero-order valence-electron chi connectivity index (χ0n) is 16.8. The van der Waals surface area contributed by atoms with Crippen LogP contribution in [0.1, 0.15) is 29.6 Å². The molecule has 0 radical (unpaired) electrons. The summed E-state index contributed by atoms with van der Waals surface area (Å²) < 4.78 is 3.83. The summed E-state index contributed by atoms with van der Waals surface area (Å²) in [6.45, 7) is 5.87. The predicted octanol–water partition coefficient (Wildman–Crippen LogP) is 5.29. The van der Waals surface area contributed by atoms with E-state index in [1.54, 1.807) is 18.2 Å². The minimum atomic E-state index is -0.503. The first-order valence-electron chi connectivity index (χ1n) is 10.00. The summed E-state index contributed by atoms with van der Waals surface area (Å²) in [5.41, 5.74) is 1.67. The van der Waals surface area contributed by atoms with Gasteiger partial charge in [-0.25, -0.2) is 0 Å². The Bertz CT molecular complexity index is 1240. The van der Waals surface area contributed by atoms with Gasteiger partial charge in [0.15, 0.2) is 4.80 Å². The number of nitro benzene ring substituents is 1. The second-order valence-electron chi connectivity index (χ2n) is 7.32. The summed E-state index contributed by atoms with van der Waals surface area (Å²) in [5.74, 6) is -0.503. The van der Waals surface area contributed by atoms with Crippen molar-refractivity contribution >= 4 is 54.8 Å². The maximum Gasteiger partial charge on any atom is 0.293 e. The Morgan fingerprint density at radius 1 is 1.23 bits per heavy atom. The van der Waals surface area contributed by atoms with Gasteiger partial charge in [0.2, 0.25) is 0 Å². The smallest absolute Gasteiger partial charge is 0.293 e. The van der Waals surface area contributed by atoms with Crippen molar-refractivity contribution in [2.24, 2.45) is 4.99 Å². The standard InChI is InChI=1S/C22H21BrN4O3S/c1-2-10-26-18-9-7-16(23)14-20(18)31-22(26)24-21(28)15-6-8-17(19(13-15)27(29)30)25-11-4-3-5-12-25/h2,6-9,13-14H,1,3-5,10-12H2. The Labute approximate surface area is 191 Å². The number of carbonyl (C=O) groups is 1. The minimum absolute atomic E-state index is 0.0535. The molecule has 1 saturated heterocycles. The van der Waals surface area contributed by atoms with Crippen LogP contribution in [0.4, 0.5) is 11.4 Å². The number of thiazole rings is 1. The fourth-order valence-electron chi connectivity index (χ4n) is 3.79. The molecule has 0 bridgehead atoms. The van der Waals surface area contributed by atoms with Crippen molar-refractivity contribution in [1.82, 2.24) is 4.57 Å². The highest BCUT2D eigenvalue weighted by Gasteiger charge is 2.23. The molecule has 0 N–H and O–H groups in total. The van der Waals surface area contributed by atoms with Crippen molar-refractivity contribution in [3.8, 4) is 0 Å². The molecule has 0 unspecified atom stereocenters. The monoisotopic (exact) mass is 500 g/mol. The molecule has 160 valence electrons. The number of amides is 1. The maximum atomic E-state index is 12.9. The molecule has 0 aliphatic carbocycles. The van der Waals surface area contributed by atoms with Crippen LogP contribution in [-0.2, 0) is 6.54 Å². The number of benzene rings is 2. The van der Waals surface area contributed by atoms with Gasteiger partial charge in [-0.3, -0.25) is 14.9 Å². The van der Waals surface area contributed by atoms with Gasteiger partial charge in [-0.15, -0.1) is 6.58 Å². The molecular formula is C22H21BrN4O3S. The number of nitro groups is 1. The molecule has 1 aliphatic rings. The molecule has 1 fully saturated rings. The Hall–Kier alpha value is -2.78. The van der Waals surface area contributed by atoms with Gasteiger partial charge in [0, 0.05) is 35.7 Å². The second-order valence-corrected chi connectivity index (χ2v) is 9.25. The van der Waals surface area contributed by atoms with E-state index in [0.29, 0.717) is 17.0 Å². The molecule has 2 heterocycles. The van der Waals surface area contributed by atoms with Crippen molar-refractivity contribution in [2.75, 3.05) is 18.0 Å². The molecule has 4 rings (SSSR count). The van der Waals surface area contributed by atoms with Gasteiger partial charge in [-0.1, -0.05) is 33.3 Å². The maximum absolute atomic E-state index is 12.9. The van der Waals surface area contributed by atoms with Crippen molar-refractivity contribution in [3.05, 3.63) is 74.0 Å². The molecule has 3 aromatic rings. The zero-order chi connectivity index (χ0) is 22.0. The third-order valence-corrected chi connectivity index (χ3v) is 6.80. The third-order valence-electron chi connectivity index (χ3n) is 5.27. The molecule has 0 spiro atoms. The molecule has 1 aromatic heterocycles. The second kappa shape index (κ2) is 9.15. The summed E-state index contributed by atoms with van der Waals surface area (Å²) >= 11 is 4.86. The largest absolute Gasteiger partial charge is 0.366 e. The number of hydrogen-bond acceptors (Lipinski definition) is 5. The normalized spacial score (nSPS) is 14.7. The van der Waals surface area contributed by atoms with Crippen LogP contribution in [0, 0.1) is 10.1 Å². The van der Waals surface area contributed by atoms with Crippen molar-refractivity contribution < 1.29 is 9.72 Å². The van der Waals surface area contributed by atoms with Gasteiger partial charge < -0.3 is 9.47 Å². The fourth-order valence-corrected chi connectivity index (χ4v) is 5.38. The Morgan fingerprint density at radius 3 is 2.71 bits per heavy atom. The minimum Gasteiger partial charge on any atom is -0.366 e. The van der Waals surface area contributed by atoms with Gasteiger partial charge in [-0.2, -0.15) is 4.99 Å². The summed E-state index contributed by atoms with van der Waals surface area (Å²) in [4.78, 5) is 31.1. The lowest BCUT2D eigenvalue weighted by atomic mass is 10.1. The molecule has 2 aromatic carbocycles. The Kier molecular flexibility index (Phi) is 6.33. The van der Waals surface area contributed by atoms with E-state index < -0.39 is 10.8 Å². The number of piperidine rings is 1. The number of carbonyl (C=O) groups excluding carboxylic acids is 1. The first-order valence-corrected chi connectivity index (χ1v) is 11.6. The van der Waals surface area contributed by atoms with E-state index in [0.717, 1.165) is 47.0 Å². The average molecular weight is 501 g/mol. The lowest BCUT2D eigenvalue weighted by molar-refractivity contribution is -0.384. The van der Waals surface area contributed by atoms with E-state index in [1.807, 2.05) is 27.7 Å². The molecule has 9 heteroatoms. The van der Waals surface area contributed by atoms with Crippen LogP contribution in [0.5, 0.6) is 0 Å². The number of anilines is 1. The van der Waals surface area contributed by atoms with Crippen molar-refractivity contribution in [2.45, 2.75) is 25.8 Å². The molecule has 0 saturated carbocycles. The summed E-state index contributed by atoms with van der Waals surface area (Å²) in [7, 11) is 0. The van der Waals surface area contributed by atoms with E-state index >= 15 is 0 Å². The lowest BCUT2D eigenvalue weighted by Gasteiger charge is -2.28. The van der Waals surface area contributed by atoms with Gasteiger partial charge >= 0.3 is 0 Å². The zero-order valence-corrected chi connectivity index (χ0v) is 19.2. The molecular weight excluding hydrogens is 480 g/mol. The third kappa shape index (κ3) is 4.47. The van der Waals surface area contributed by atoms with Crippen LogP contribution in [0.25, 0.3) is 10.2 Å². The first-order chi connectivity index (χ1) is 15.0. The number of hydrogen-bond donors (Lipinski definition) is 0. The van der Waals surface area contributed by atoms with Crippen molar-refractivity contribution in [3.63, 3.8) is 0 Å². The van der Waals surface area contributed by atoms with Crippen LogP contribution in [0.15, 0.2) is 58.5 Å². The summed E-state index contributed by atoms with van der Waals surface area (Å²) in [6.07, 6.45) is 4.91. The van der Waals surface area contributed by atoms with E-state index in [2.05, 4.69) is 27.5 Å². The van der Waals surface area contributed by atoms with E-state index in [1.165, 1.54) is 17.4 Å². The van der Waals surface area contributed by atoms with E-state index in [-0.39, 0.29) is 11.3 Å². The number of halogens is 1. The average Bonchev–Trinajstić information content (AvgIpc) is 3.10. The molecule has 7 nitrogen and oxygen atoms in total. The Morgan fingerprint density at radius 2 is 2.00 bits per heavy atom. The van der Waals surface area contributed by atoms with Gasteiger partial charge in [0.05, 0.1) is 15.1 Å². The van der Waals surface area contributed by atoms with Crippen LogP contribution >= 0.6 is 27.3 Å². The Balaban J connectivity index is 1.75. The van der Waals surface area contributed by atoms with E-state index in [9.17, 15) is 14.9 Å². The number of nitrogens with zero attached hydrogens (tertiary/aromatic N) is 4. The molecule has 1 amide bonds. The summed E-state index contributed by atoms with van der Waals surface area (Å²) in [6, 6.07) is 10.5. The number of rotatable bonds is 5. The van der Waals surface area contributed by atoms with Gasteiger partial charge in [0.25, 0.3) is 11.6 Å². The molecule has 31 heavy (non-hydrogen) atoms. The number of aromatic nitrogens is 1. The van der Waals surface area contributed by atoms with Gasteiger partial charge in [0.1, 0.15) is 5.69 Å². The van der Waals surface area contributed by atoms with Gasteiger partial charge in [-0.05, 0) is 49.6 Å². The highest BCUT2D eigenvalue weighted by molar-refractivity contribution is 9.10. The summed E-state index contributed by atoms with van der Waals surface area (Å²) in [5, 5.41) is 11.7. The van der Waals surface area contributed by atoms with E-state index in [4.69, 9.17) is 0 Å². The quantitative estimate of drug-likeness (QED) is 0.270. The fraction of sp³-hybridized carbons (Fsp3) is 0.273. The highest BCUT2D eigenvalue weighted by atomic mass is 79.9. The SMILES string of the molecule is C=CCn1c(=NC(=O)c2ccc(N3CCCCC3)c([N+](=O)[O-])c2)sc2cc(Br)ccc21. The van der Waals surface area contributed by atoms with Crippen LogP contribution in [-0.4, -0.2) is 28.5 Å². The molecule has 0 atom stereocenters. The highest BCUT2D eigenvalue weighted by Crippen LogP contribution is 2.31. The first kappa shape index (κ1) is 21.5.